The van der Waals surface area contributed by atoms with Gasteiger partial charge in [0.2, 0.25) is 0 Å². The van der Waals surface area contributed by atoms with Crippen LogP contribution in [-0.4, -0.2) is 16.9 Å². The summed E-state index contributed by atoms with van der Waals surface area (Å²) in [6.07, 6.45) is 20.9. The van der Waals surface area contributed by atoms with Crippen molar-refractivity contribution in [3.05, 3.63) is 12.7 Å². The van der Waals surface area contributed by atoms with Crippen molar-refractivity contribution in [2.24, 2.45) is 0 Å². The molecule has 0 aliphatic rings. The quantitative estimate of drug-likeness (QED) is 0.217. The minimum atomic E-state index is -0.669. The zero-order valence-electron chi connectivity index (χ0n) is 15.6. The fraction of sp³-hybridized carbons (Fsp3) is 0.810. The standard InChI is InChI=1S/C21H38O3/c1-2-20(22)18-16-14-12-10-8-6-4-3-5-7-9-11-13-15-17-19-21(23)24/h2H,1,3-19H2,(H,23,24). The molecule has 0 radical (unpaired) electrons. The van der Waals surface area contributed by atoms with Gasteiger partial charge < -0.3 is 5.11 Å². The van der Waals surface area contributed by atoms with Crippen LogP contribution in [0.1, 0.15) is 109 Å². The van der Waals surface area contributed by atoms with E-state index in [0.717, 1.165) is 19.3 Å². The van der Waals surface area contributed by atoms with Gasteiger partial charge in [-0.25, -0.2) is 0 Å². The van der Waals surface area contributed by atoms with Gasteiger partial charge >= 0.3 is 5.97 Å². The molecule has 0 aliphatic carbocycles. The van der Waals surface area contributed by atoms with E-state index in [-0.39, 0.29) is 5.78 Å². The van der Waals surface area contributed by atoms with Crippen molar-refractivity contribution in [1.29, 1.82) is 0 Å². The van der Waals surface area contributed by atoms with E-state index in [9.17, 15) is 9.59 Å². The molecule has 0 fully saturated rings. The fourth-order valence-corrected chi connectivity index (χ4v) is 2.98. The molecular weight excluding hydrogens is 300 g/mol. The van der Waals surface area contributed by atoms with Gasteiger partial charge in [-0.05, 0) is 18.9 Å². The number of carboxylic acids is 1. The van der Waals surface area contributed by atoms with E-state index in [1.54, 1.807) is 0 Å². The van der Waals surface area contributed by atoms with Crippen LogP contribution >= 0.6 is 0 Å². The molecule has 0 aromatic carbocycles. The summed E-state index contributed by atoms with van der Waals surface area (Å²) in [6.45, 7) is 3.49. The van der Waals surface area contributed by atoms with Crippen LogP contribution in [0.15, 0.2) is 12.7 Å². The highest BCUT2D eigenvalue weighted by molar-refractivity contribution is 5.88. The maximum atomic E-state index is 11.0. The van der Waals surface area contributed by atoms with Crippen molar-refractivity contribution in [2.75, 3.05) is 0 Å². The molecule has 140 valence electrons. The van der Waals surface area contributed by atoms with Gasteiger partial charge in [-0.2, -0.15) is 0 Å². The Labute approximate surface area is 148 Å². The minimum absolute atomic E-state index is 0.176. The molecule has 1 N–H and O–H groups in total. The molecule has 0 aromatic rings. The Hall–Kier alpha value is -1.12. The highest BCUT2D eigenvalue weighted by Gasteiger charge is 1.98. The molecule has 0 bridgehead atoms. The molecule has 0 aromatic heterocycles. The van der Waals surface area contributed by atoms with Crippen molar-refractivity contribution in [2.45, 2.75) is 109 Å². The van der Waals surface area contributed by atoms with Gasteiger partial charge in [-0.1, -0.05) is 90.0 Å². The first kappa shape index (κ1) is 22.9. The normalized spacial score (nSPS) is 10.7. The molecule has 3 nitrogen and oxygen atoms in total. The zero-order valence-corrected chi connectivity index (χ0v) is 15.6. The molecule has 0 spiro atoms. The Bertz CT molecular complexity index is 323. The molecule has 0 heterocycles. The number of ketones is 1. The van der Waals surface area contributed by atoms with Crippen molar-refractivity contribution in [3.63, 3.8) is 0 Å². The molecule has 0 atom stereocenters. The second-order valence-electron chi connectivity index (χ2n) is 6.87. The topological polar surface area (TPSA) is 54.4 Å². The Morgan fingerprint density at radius 2 is 0.875 bits per heavy atom. The number of rotatable bonds is 19. The van der Waals surface area contributed by atoms with Crippen LogP contribution in [0.5, 0.6) is 0 Å². The van der Waals surface area contributed by atoms with Gasteiger partial charge in [0.25, 0.3) is 0 Å². The average molecular weight is 339 g/mol. The van der Waals surface area contributed by atoms with Crippen LogP contribution in [0.25, 0.3) is 0 Å². The summed E-state index contributed by atoms with van der Waals surface area (Å²) in [4.78, 5) is 21.4. The summed E-state index contributed by atoms with van der Waals surface area (Å²) in [6, 6.07) is 0. The third-order valence-electron chi connectivity index (χ3n) is 4.54. The van der Waals surface area contributed by atoms with E-state index < -0.39 is 5.97 Å². The molecular formula is C21H38O3. The summed E-state index contributed by atoms with van der Waals surface area (Å²) >= 11 is 0. The molecule has 0 aliphatic heterocycles. The van der Waals surface area contributed by atoms with E-state index in [0.29, 0.717) is 12.8 Å². The number of aliphatic carboxylic acids is 1. The van der Waals surface area contributed by atoms with Crippen LogP contribution in [0.4, 0.5) is 0 Å². The second kappa shape index (κ2) is 18.2. The number of carboxylic acid groups (broad SMARTS) is 1. The second-order valence-corrected chi connectivity index (χ2v) is 6.87. The highest BCUT2D eigenvalue weighted by Crippen LogP contribution is 2.14. The lowest BCUT2D eigenvalue weighted by Crippen LogP contribution is -1.93. The lowest BCUT2D eigenvalue weighted by Gasteiger charge is -2.03. The average Bonchev–Trinajstić information content (AvgIpc) is 2.57. The fourth-order valence-electron chi connectivity index (χ4n) is 2.98. The van der Waals surface area contributed by atoms with Crippen molar-refractivity contribution in [3.8, 4) is 0 Å². The van der Waals surface area contributed by atoms with Crippen molar-refractivity contribution < 1.29 is 14.7 Å². The lowest BCUT2D eigenvalue weighted by atomic mass is 10.0. The number of hydrogen-bond acceptors (Lipinski definition) is 2. The molecule has 0 rings (SSSR count). The van der Waals surface area contributed by atoms with Crippen LogP contribution in [0, 0.1) is 0 Å². The Kier molecular flexibility index (Phi) is 17.4. The molecule has 0 saturated heterocycles. The Morgan fingerprint density at radius 3 is 1.17 bits per heavy atom. The third kappa shape index (κ3) is 18.9. The summed E-state index contributed by atoms with van der Waals surface area (Å²) < 4.78 is 0. The summed E-state index contributed by atoms with van der Waals surface area (Å²) in [5.41, 5.74) is 0. The van der Waals surface area contributed by atoms with Crippen molar-refractivity contribution in [1.82, 2.24) is 0 Å². The van der Waals surface area contributed by atoms with Gasteiger partial charge in [-0.15, -0.1) is 0 Å². The SMILES string of the molecule is C=CC(=O)CCCCCCCCCCCCCCCCCC(=O)O. The van der Waals surface area contributed by atoms with Gasteiger partial charge in [0.15, 0.2) is 5.78 Å². The largest absolute Gasteiger partial charge is 0.481 e. The predicted octanol–water partition coefficient (Wildman–Crippen LogP) is 6.46. The minimum Gasteiger partial charge on any atom is -0.481 e. The summed E-state index contributed by atoms with van der Waals surface area (Å²) in [7, 11) is 0. The number of carbonyl (C=O) groups is 2. The number of carbonyl (C=O) groups excluding carboxylic acids is 1. The first-order valence-corrected chi connectivity index (χ1v) is 10.0. The molecule has 0 unspecified atom stereocenters. The number of allylic oxidation sites excluding steroid dienone is 1. The molecule has 3 heteroatoms. The first-order valence-electron chi connectivity index (χ1n) is 10.0. The number of hydrogen-bond donors (Lipinski definition) is 1. The molecule has 24 heavy (non-hydrogen) atoms. The predicted molar refractivity (Wildman–Crippen MR) is 101 cm³/mol. The van der Waals surface area contributed by atoms with E-state index in [2.05, 4.69) is 6.58 Å². The lowest BCUT2D eigenvalue weighted by molar-refractivity contribution is -0.137. The van der Waals surface area contributed by atoms with Gasteiger partial charge in [-0.3, -0.25) is 9.59 Å². The van der Waals surface area contributed by atoms with Gasteiger partial charge in [0.1, 0.15) is 0 Å². The number of unbranched alkanes of at least 4 members (excludes halogenated alkanes) is 14. The molecule has 0 saturated carbocycles. The van der Waals surface area contributed by atoms with Crippen LogP contribution in [0.3, 0.4) is 0 Å². The summed E-state index contributed by atoms with van der Waals surface area (Å²) in [5.74, 6) is -0.493. The Morgan fingerprint density at radius 1 is 0.583 bits per heavy atom. The monoisotopic (exact) mass is 338 g/mol. The first-order chi connectivity index (χ1) is 11.7. The maximum absolute atomic E-state index is 11.0. The van der Waals surface area contributed by atoms with Crippen LogP contribution in [-0.2, 0) is 9.59 Å². The Balaban J connectivity index is 3.04. The van der Waals surface area contributed by atoms with E-state index in [4.69, 9.17) is 5.11 Å². The third-order valence-corrected chi connectivity index (χ3v) is 4.54. The van der Waals surface area contributed by atoms with Crippen molar-refractivity contribution >= 4 is 11.8 Å². The van der Waals surface area contributed by atoms with E-state index >= 15 is 0 Å². The van der Waals surface area contributed by atoms with E-state index in [1.165, 1.54) is 83.1 Å². The maximum Gasteiger partial charge on any atom is 0.303 e. The summed E-state index contributed by atoms with van der Waals surface area (Å²) in [5, 5.41) is 8.54. The van der Waals surface area contributed by atoms with Gasteiger partial charge in [0.05, 0.1) is 0 Å². The van der Waals surface area contributed by atoms with Gasteiger partial charge in [0, 0.05) is 12.8 Å². The van der Waals surface area contributed by atoms with Crippen LogP contribution < -0.4 is 0 Å². The smallest absolute Gasteiger partial charge is 0.303 e. The zero-order chi connectivity index (χ0) is 17.9. The highest BCUT2D eigenvalue weighted by atomic mass is 16.4. The molecule has 0 amide bonds. The van der Waals surface area contributed by atoms with Crippen LogP contribution in [0.2, 0.25) is 0 Å². The van der Waals surface area contributed by atoms with E-state index in [1.807, 2.05) is 0 Å².